The number of benzene rings is 2. The van der Waals surface area contributed by atoms with Gasteiger partial charge in [0, 0.05) is 10.7 Å². The van der Waals surface area contributed by atoms with E-state index in [-0.39, 0.29) is 27.2 Å². The van der Waals surface area contributed by atoms with E-state index in [0.717, 1.165) is 0 Å². The molecule has 0 saturated heterocycles. The molecule has 0 spiro atoms. The summed E-state index contributed by atoms with van der Waals surface area (Å²) in [5, 5.41) is 9.15. The van der Waals surface area contributed by atoms with Gasteiger partial charge in [-0.25, -0.2) is 4.83 Å². The van der Waals surface area contributed by atoms with Crippen LogP contribution in [0.4, 0.5) is 17.3 Å². The molecule has 0 unspecified atom stereocenters. The van der Waals surface area contributed by atoms with Gasteiger partial charge in [0.15, 0.2) is 5.82 Å². The number of aromatic nitrogens is 3. The van der Waals surface area contributed by atoms with E-state index in [1.165, 1.54) is 24.3 Å². The fraction of sp³-hybridized carbons (Fsp3) is 0. The molecule has 0 atom stereocenters. The third-order valence-corrected chi connectivity index (χ3v) is 6.12. The number of nitrogens with two attached hydrogens (primary N) is 2. The molecular weight excluding hydrogens is 458 g/mol. The largest absolute Gasteiger partial charge is 0.383 e. The van der Waals surface area contributed by atoms with Crippen molar-refractivity contribution in [1.29, 1.82) is 0 Å². The number of hydrogen-bond donors (Lipinski definition) is 5. The molecule has 0 radical (unpaired) electrons. The van der Waals surface area contributed by atoms with Crippen LogP contribution in [0.5, 0.6) is 0 Å². The molecule has 2 heterocycles. The number of fused-ring (bicyclic) bond motifs is 1. The maximum Gasteiger partial charge on any atom is 0.284 e. The molecule has 0 aliphatic heterocycles. The van der Waals surface area contributed by atoms with Crippen molar-refractivity contribution in [3.63, 3.8) is 0 Å². The number of carbonyl (C=O) groups is 1. The van der Waals surface area contributed by atoms with Gasteiger partial charge in [0.05, 0.1) is 10.4 Å². The smallest absolute Gasteiger partial charge is 0.284 e. The zero-order valence-electron chi connectivity index (χ0n) is 16.2. The minimum Gasteiger partial charge on any atom is -0.383 e. The van der Waals surface area contributed by atoms with Crippen molar-refractivity contribution in [2.75, 3.05) is 21.6 Å². The summed E-state index contributed by atoms with van der Waals surface area (Å²) in [6.07, 6.45) is 0. The zero-order chi connectivity index (χ0) is 23.0. The van der Waals surface area contributed by atoms with Gasteiger partial charge in [-0.1, -0.05) is 29.8 Å². The molecule has 32 heavy (non-hydrogen) atoms. The number of anilines is 3. The Morgan fingerprint density at radius 1 is 1.06 bits per heavy atom. The van der Waals surface area contributed by atoms with Gasteiger partial charge in [-0.3, -0.25) is 14.7 Å². The van der Waals surface area contributed by atoms with Crippen molar-refractivity contribution < 1.29 is 13.2 Å². The van der Waals surface area contributed by atoms with E-state index in [2.05, 4.69) is 20.3 Å². The van der Waals surface area contributed by atoms with E-state index >= 15 is 0 Å². The molecule has 13 heteroatoms. The van der Waals surface area contributed by atoms with E-state index in [4.69, 9.17) is 23.1 Å². The fourth-order valence-electron chi connectivity index (χ4n) is 3.03. The summed E-state index contributed by atoms with van der Waals surface area (Å²) in [5.41, 5.74) is 11.1. The summed E-state index contributed by atoms with van der Waals surface area (Å²) in [4.78, 5) is 28.0. The highest BCUT2D eigenvalue weighted by atomic mass is 35.5. The first-order valence-corrected chi connectivity index (χ1v) is 10.9. The van der Waals surface area contributed by atoms with Gasteiger partial charge in [0.1, 0.15) is 16.8 Å². The molecule has 164 valence electrons. The number of rotatable bonds is 5. The first kappa shape index (κ1) is 21.2. The van der Waals surface area contributed by atoms with Crippen LogP contribution in [0.3, 0.4) is 0 Å². The molecule has 2 aromatic carbocycles. The van der Waals surface area contributed by atoms with Gasteiger partial charge in [-0.05, 0) is 36.4 Å². The van der Waals surface area contributed by atoms with Crippen molar-refractivity contribution in [3.05, 3.63) is 75.5 Å². The molecule has 0 fully saturated rings. The van der Waals surface area contributed by atoms with Crippen LogP contribution >= 0.6 is 11.6 Å². The van der Waals surface area contributed by atoms with Crippen LogP contribution < -0.4 is 27.2 Å². The summed E-state index contributed by atoms with van der Waals surface area (Å²) >= 11 is 5.86. The number of sulfonamides is 1. The Balaban J connectivity index is 1.86. The van der Waals surface area contributed by atoms with Gasteiger partial charge in [0.25, 0.3) is 21.5 Å². The van der Waals surface area contributed by atoms with E-state index in [0.29, 0.717) is 15.4 Å². The van der Waals surface area contributed by atoms with Crippen LogP contribution in [0.2, 0.25) is 5.02 Å². The summed E-state index contributed by atoms with van der Waals surface area (Å²) in [6.45, 7) is 0. The van der Waals surface area contributed by atoms with Crippen molar-refractivity contribution >= 4 is 55.8 Å². The van der Waals surface area contributed by atoms with Crippen LogP contribution in [0.15, 0.2) is 64.3 Å². The summed E-state index contributed by atoms with van der Waals surface area (Å²) in [6, 6.07) is 13.6. The standard InChI is InChI=1S/C19H16ClN7O4S/c20-10-6-8-11(9-7-10)23-18(28)14-15-13(16(21)25-24-15)19(29)27(17(14)22)26-32(30,31)12-4-2-1-3-5-12/h1-9,26H,22H2,(H,23,28)(H3,21,24,25). The first-order chi connectivity index (χ1) is 15.2. The van der Waals surface area contributed by atoms with Gasteiger partial charge in [0.2, 0.25) is 0 Å². The Morgan fingerprint density at radius 2 is 1.72 bits per heavy atom. The number of H-pyrrole nitrogens is 1. The maximum atomic E-state index is 13.0. The van der Waals surface area contributed by atoms with Gasteiger partial charge >= 0.3 is 0 Å². The average Bonchev–Trinajstić information content (AvgIpc) is 3.14. The molecule has 4 aromatic rings. The van der Waals surface area contributed by atoms with Crippen LogP contribution in [-0.2, 0) is 10.0 Å². The minimum absolute atomic E-state index is 0.0355. The third kappa shape index (κ3) is 3.72. The number of nitrogen functional groups attached to an aromatic ring is 2. The molecule has 0 saturated carbocycles. The number of pyridine rings is 1. The number of carbonyl (C=O) groups excluding carboxylic acids is 1. The minimum atomic E-state index is -4.21. The molecule has 0 aliphatic carbocycles. The van der Waals surface area contributed by atoms with Gasteiger partial charge < -0.3 is 16.8 Å². The molecule has 0 aliphatic rings. The van der Waals surface area contributed by atoms with Crippen LogP contribution in [0.1, 0.15) is 10.4 Å². The molecule has 4 rings (SSSR count). The lowest BCUT2D eigenvalue weighted by atomic mass is 10.1. The van der Waals surface area contributed by atoms with E-state index in [9.17, 15) is 18.0 Å². The van der Waals surface area contributed by atoms with Crippen molar-refractivity contribution in [3.8, 4) is 0 Å². The monoisotopic (exact) mass is 473 g/mol. The second-order valence-corrected chi connectivity index (χ2v) is 8.73. The number of nitrogens with zero attached hydrogens (tertiary/aromatic N) is 2. The second-order valence-electron chi connectivity index (χ2n) is 6.63. The Hall–Kier alpha value is -4.03. The zero-order valence-corrected chi connectivity index (χ0v) is 17.7. The number of halogens is 1. The average molecular weight is 474 g/mol. The van der Waals surface area contributed by atoms with Crippen molar-refractivity contribution in [2.45, 2.75) is 4.90 Å². The fourth-order valence-corrected chi connectivity index (χ4v) is 4.20. The lowest BCUT2D eigenvalue weighted by Gasteiger charge is -2.16. The Bertz CT molecular complexity index is 1500. The predicted octanol–water partition coefficient (Wildman–Crippen LogP) is 1.73. The highest BCUT2D eigenvalue weighted by Gasteiger charge is 2.26. The Labute approximate surface area is 186 Å². The Morgan fingerprint density at radius 3 is 2.38 bits per heavy atom. The molecule has 1 amide bonds. The van der Waals surface area contributed by atoms with Crippen molar-refractivity contribution in [2.24, 2.45) is 0 Å². The number of aromatic amines is 1. The van der Waals surface area contributed by atoms with Crippen LogP contribution in [0.25, 0.3) is 10.9 Å². The van der Waals surface area contributed by atoms with Crippen LogP contribution in [0, 0.1) is 0 Å². The topological polar surface area (TPSA) is 178 Å². The lowest BCUT2D eigenvalue weighted by molar-refractivity contribution is 0.102. The highest BCUT2D eigenvalue weighted by Crippen LogP contribution is 2.25. The highest BCUT2D eigenvalue weighted by molar-refractivity contribution is 7.92. The Kier molecular flexibility index (Phi) is 5.24. The number of nitrogens with one attached hydrogen (secondary N) is 3. The predicted molar refractivity (Wildman–Crippen MR) is 122 cm³/mol. The lowest BCUT2D eigenvalue weighted by Crippen LogP contribution is -2.36. The molecule has 2 aromatic heterocycles. The van der Waals surface area contributed by atoms with Crippen molar-refractivity contribution in [1.82, 2.24) is 14.9 Å². The second kappa shape index (κ2) is 7.90. The first-order valence-electron chi connectivity index (χ1n) is 9.02. The summed E-state index contributed by atoms with van der Waals surface area (Å²) in [7, 11) is -4.21. The number of amides is 1. The SMILES string of the molecule is Nc1n[nH]c2c(C(=O)Nc3ccc(Cl)cc3)c(N)n(NS(=O)(=O)c3ccccc3)c(=O)c12. The third-order valence-electron chi connectivity index (χ3n) is 4.55. The van der Waals surface area contributed by atoms with E-state index < -0.39 is 27.3 Å². The normalized spacial score (nSPS) is 11.4. The van der Waals surface area contributed by atoms with E-state index in [1.807, 2.05) is 0 Å². The quantitative estimate of drug-likeness (QED) is 0.292. The van der Waals surface area contributed by atoms with Gasteiger partial charge in [-0.15, -0.1) is 0 Å². The van der Waals surface area contributed by atoms with Crippen LogP contribution in [-0.4, -0.2) is 29.2 Å². The molecule has 11 nitrogen and oxygen atoms in total. The molecular formula is C19H16ClN7O4S. The van der Waals surface area contributed by atoms with E-state index in [1.54, 1.807) is 30.3 Å². The van der Waals surface area contributed by atoms with Gasteiger partial charge in [-0.2, -0.15) is 18.2 Å². The summed E-state index contributed by atoms with van der Waals surface area (Å²) < 4.78 is 26.1. The number of hydrogen-bond acceptors (Lipinski definition) is 7. The molecule has 0 bridgehead atoms. The summed E-state index contributed by atoms with van der Waals surface area (Å²) in [5.74, 6) is -1.42. The molecule has 7 N–H and O–H groups in total. The maximum absolute atomic E-state index is 13.0.